The molecule has 3 saturated heterocycles. The topological polar surface area (TPSA) is 253 Å². The highest BCUT2D eigenvalue weighted by atomic mass is 31.2. The molecular formula is C21H25BF2N9O10P2-. The number of phosphoric ester groups is 1. The van der Waals surface area contributed by atoms with Crippen LogP contribution in [-0.4, -0.2) is 103 Å². The summed E-state index contributed by atoms with van der Waals surface area (Å²) >= 11 is 0. The summed E-state index contributed by atoms with van der Waals surface area (Å²) in [4.78, 5) is 43.0. The Hall–Kier alpha value is -3.20. The molecule has 0 bridgehead atoms. The summed E-state index contributed by atoms with van der Waals surface area (Å²) in [7, 11) is -10.3. The molecular weight excluding hydrogens is 649 g/mol. The molecule has 3 aromatic heterocycles. The van der Waals surface area contributed by atoms with Gasteiger partial charge in [-0.1, -0.05) is 0 Å². The van der Waals surface area contributed by atoms with E-state index >= 15 is 8.78 Å². The second-order valence-corrected chi connectivity index (χ2v) is 12.4. The Kier molecular flexibility index (Phi) is 7.42. The van der Waals surface area contributed by atoms with Crippen molar-refractivity contribution in [3.05, 3.63) is 24.7 Å². The summed E-state index contributed by atoms with van der Waals surface area (Å²) in [6.07, 6.45) is -10.1. The van der Waals surface area contributed by atoms with Crippen LogP contribution in [0.15, 0.2) is 24.0 Å². The van der Waals surface area contributed by atoms with Crippen molar-refractivity contribution in [1.82, 2.24) is 29.1 Å². The van der Waals surface area contributed by atoms with Crippen molar-refractivity contribution in [1.29, 1.82) is 0 Å². The van der Waals surface area contributed by atoms with E-state index in [1.54, 1.807) is 0 Å². The Labute approximate surface area is 251 Å². The van der Waals surface area contributed by atoms with E-state index in [4.69, 9.17) is 39.0 Å². The van der Waals surface area contributed by atoms with Crippen LogP contribution in [0.4, 0.5) is 20.4 Å². The average molecular weight is 674 g/mol. The number of ketones is 1. The summed E-state index contributed by atoms with van der Waals surface area (Å²) in [5.74, 6) is -0.480. The van der Waals surface area contributed by atoms with Crippen molar-refractivity contribution < 1.29 is 55.2 Å². The van der Waals surface area contributed by atoms with Crippen molar-refractivity contribution in [2.75, 3.05) is 18.9 Å². The first-order chi connectivity index (χ1) is 21.3. The van der Waals surface area contributed by atoms with E-state index in [1.807, 2.05) is 0 Å². The lowest BCUT2D eigenvalue weighted by atomic mass is 10.1. The van der Waals surface area contributed by atoms with E-state index < -0.39 is 91.1 Å². The number of nitrogens with zero attached hydrogens (tertiary/aromatic N) is 7. The summed E-state index contributed by atoms with van der Waals surface area (Å²) < 4.78 is 94.0. The number of aliphatic imine (C=N–C) groups is 1. The molecule has 0 amide bonds. The maximum absolute atomic E-state index is 16.0. The zero-order valence-electron chi connectivity index (χ0n) is 22.0. The summed E-state index contributed by atoms with van der Waals surface area (Å²) in [5, 5.41) is 0. The minimum atomic E-state index is -5.08. The van der Waals surface area contributed by atoms with Gasteiger partial charge in [-0.2, -0.15) is 0 Å². The number of Topliss-reactive ketones (excluding diaryl/α,β-unsaturated/α-hetero) is 1. The lowest BCUT2D eigenvalue weighted by Crippen LogP contribution is -2.37. The highest BCUT2D eigenvalue weighted by molar-refractivity contribution is 7.79. The third-order valence-corrected chi connectivity index (χ3v) is 9.06. The number of halogens is 2. The molecule has 7 heterocycles. The standard InChI is InChI=1S/C21H25BF2N9O10P2/c22-44(35)38-2-8-16(12(24)20(40-8)32-6-30-14-17(26)27-4-28-18(14)32)43-45(36,37)39-3-9-15(42-44)11(23)21(41-9)33-5-29-13-7(34)1-10(25)31-19(13)33/h4-6,8-9,11-12,15-16,20-21H,1-3H2,22H3,(H2,25,31)(H,36,37)(H2,26,27,28)/q-1/t8?,9-,11-,12-,15-,16-,20-,21-,44?/m1/s1. The van der Waals surface area contributed by atoms with Gasteiger partial charge in [0.15, 0.2) is 53.6 Å². The molecule has 3 unspecified atom stereocenters. The fourth-order valence-electron chi connectivity index (χ4n) is 5.30. The van der Waals surface area contributed by atoms with Gasteiger partial charge >= 0.3 is 7.82 Å². The van der Waals surface area contributed by atoms with Crippen molar-refractivity contribution in [3.63, 3.8) is 0 Å². The van der Waals surface area contributed by atoms with Gasteiger partial charge in [-0.25, -0.2) is 38.3 Å². The Balaban J connectivity index is 1.16. The van der Waals surface area contributed by atoms with Crippen LogP contribution in [0, 0.1) is 0 Å². The number of nitrogen functional groups attached to an aromatic ring is 1. The number of carbonyl (C=O) groups is 1. The molecule has 0 saturated carbocycles. The predicted molar refractivity (Wildman–Crippen MR) is 149 cm³/mol. The minimum absolute atomic E-state index is 0.0193. The number of fused-ring (bicyclic) bond motifs is 4. The lowest BCUT2D eigenvalue weighted by Gasteiger charge is -2.30. The largest absolute Gasteiger partial charge is 0.472 e. The number of phosphoric acid groups is 1. The first kappa shape index (κ1) is 30.5. The van der Waals surface area contributed by atoms with E-state index in [-0.39, 0.29) is 40.7 Å². The third-order valence-electron chi connectivity index (χ3n) is 7.30. The van der Waals surface area contributed by atoms with Gasteiger partial charge < -0.3 is 39.4 Å². The maximum Gasteiger partial charge on any atom is 0.472 e. The van der Waals surface area contributed by atoms with Crippen LogP contribution in [0.25, 0.3) is 11.2 Å². The summed E-state index contributed by atoms with van der Waals surface area (Å²) in [5.41, 5.74) is 11.8. The van der Waals surface area contributed by atoms with Gasteiger partial charge in [-0.05, 0) is 0 Å². The molecule has 10 atom stereocenters. The Morgan fingerprint density at radius 2 is 1.58 bits per heavy atom. The second-order valence-electron chi connectivity index (χ2n) is 10.1. The maximum atomic E-state index is 16.0. The number of carbonyl (C=O) groups excluding carboxylic acids is 1. The molecule has 19 nitrogen and oxygen atoms in total. The lowest BCUT2D eigenvalue weighted by molar-refractivity contribution is -0.0610. The normalized spacial score (nSPS) is 39.0. The Bertz CT molecular complexity index is 1810. The molecule has 0 aromatic carbocycles. The van der Waals surface area contributed by atoms with Gasteiger partial charge in [0.25, 0.3) is 0 Å². The van der Waals surface area contributed by atoms with Crippen LogP contribution in [0.2, 0.25) is 0 Å². The number of nitrogens with two attached hydrogens (primary N) is 2. The monoisotopic (exact) mass is 674 g/mol. The van der Waals surface area contributed by atoms with Crippen molar-refractivity contribution in [2.45, 2.75) is 55.6 Å². The SMILES string of the molecule is [BH3-]P1(=O)OCC2O[C@@H](n3cnc4c(N)ncnc43)[C@H](F)[C@@H]2OP(=O)(O)OC[C@H]2O[C@@H](n3cnc4c3N=C(N)CC4=O)[C@H](F)[C@@H]2O1. The number of imidazole rings is 2. The zero-order valence-corrected chi connectivity index (χ0v) is 23.8. The first-order valence-corrected chi connectivity index (χ1v) is 15.5. The van der Waals surface area contributed by atoms with Gasteiger partial charge in [0, 0.05) is 0 Å². The molecule has 3 aromatic rings. The van der Waals surface area contributed by atoms with Gasteiger partial charge in [0.1, 0.15) is 49.6 Å². The number of rotatable bonds is 2. The number of alkyl halides is 2. The van der Waals surface area contributed by atoms with Crippen LogP contribution >= 0.6 is 15.3 Å². The molecule has 24 heteroatoms. The van der Waals surface area contributed by atoms with E-state index in [9.17, 15) is 18.8 Å². The van der Waals surface area contributed by atoms with Crippen molar-refractivity contribution in [3.8, 4) is 0 Å². The molecule has 242 valence electrons. The smallest absolute Gasteiger partial charge is 0.387 e. The zero-order chi connectivity index (χ0) is 31.8. The van der Waals surface area contributed by atoms with Crippen LogP contribution in [0.3, 0.4) is 0 Å². The van der Waals surface area contributed by atoms with Crippen LogP contribution < -0.4 is 11.5 Å². The summed E-state index contributed by atoms with van der Waals surface area (Å²) in [6, 6.07) is 0. The highest BCUT2D eigenvalue weighted by Crippen LogP contribution is 2.54. The Morgan fingerprint density at radius 3 is 2.31 bits per heavy atom. The Morgan fingerprint density at radius 1 is 0.933 bits per heavy atom. The van der Waals surface area contributed by atoms with Gasteiger partial charge in [-0.3, -0.25) is 23.0 Å². The number of hydrogen-bond acceptors (Lipinski definition) is 16. The molecule has 45 heavy (non-hydrogen) atoms. The van der Waals surface area contributed by atoms with E-state index in [0.717, 1.165) is 17.2 Å². The number of aromatic nitrogens is 6. The van der Waals surface area contributed by atoms with Crippen molar-refractivity contribution in [2.24, 2.45) is 10.7 Å². The fraction of sp³-hybridized carbons (Fsp3) is 0.524. The fourth-order valence-corrected chi connectivity index (χ4v) is 7.04. The second kappa shape index (κ2) is 11.0. The number of anilines is 1. The first-order valence-electron chi connectivity index (χ1n) is 12.9. The van der Waals surface area contributed by atoms with Crippen LogP contribution in [0.5, 0.6) is 0 Å². The van der Waals surface area contributed by atoms with E-state index in [0.29, 0.717) is 0 Å². The van der Waals surface area contributed by atoms with Crippen molar-refractivity contribution >= 4 is 57.3 Å². The van der Waals surface area contributed by atoms with Gasteiger partial charge in [-0.15, -0.1) is 0 Å². The molecule has 3 fully saturated rings. The summed E-state index contributed by atoms with van der Waals surface area (Å²) in [6.45, 7) is -1.42. The minimum Gasteiger partial charge on any atom is -0.387 e. The quantitative estimate of drug-likeness (QED) is 0.234. The van der Waals surface area contributed by atoms with Gasteiger partial charge in [0.2, 0.25) is 0 Å². The predicted octanol–water partition coefficient (Wildman–Crippen LogP) is -0.258. The molecule has 4 aliphatic heterocycles. The van der Waals surface area contributed by atoms with Crippen LogP contribution in [-0.2, 0) is 36.7 Å². The number of amidine groups is 1. The van der Waals surface area contributed by atoms with Gasteiger partial charge in [0.05, 0.1) is 39.9 Å². The molecule has 0 aliphatic carbocycles. The average Bonchev–Trinajstić information content (AvgIpc) is 3.72. The van der Waals surface area contributed by atoms with E-state index in [1.165, 1.54) is 10.9 Å². The highest BCUT2D eigenvalue weighted by Gasteiger charge is 2.54. The van der Waals surface area contributed by atoms with Crippen LogP contribution in [0.1, 0.15) is 29.4 Å². The molecule has 5 N–H and O–H groups in total. The number of hydrogen-bond donors (Lipinski definition) is 3. The molecule has 0 radical (unpaired) electrons. The molecule has 4 aliphatic rings. The molecule has 0 spiro atoms. The number of ether oxygens (including phenoxy) is 2. The molecule has 7 rings (SSSR count). The third kappa shape index (κ3) is 5.39. The van der Waals surface area contributed by atoms with E-state index in [2.05, 4.69) is 24.9 Å².